The van der Waals surface area contributed by atoms with Gasteiger partial charge in [-0.1, -0.05) is 12.1 Å². The van der Waals surface area contributed by atoms with Crippen LogP contribution in [0.15, 0.2) is 48.0 Å². The van der Waals surface area contributed by atoms with E-state index in [9.17, 15) is 0 Å². The zero-order chi connectivity index (χ0) is 13.2. The molecule has 2 heterocycles. The molecule has 0 aliphatic carbocycles. The van der Waals surface area contributed by atoms with Gasteiger partial charge in [0.15, 0.2) is 0 Å². The third kappa shape index (κ3) is 2.51. The van der Waals surface area contributed by atoms with Crippen LogP contribution >= 0.6 is 11.3 Å². The molecule has 0 fully saturated rings. The maximum Gasteiger partial charge on any atom is 0.129 e. The molecule has 0 saturated heterocycles. The number of fused-ring (bicyclic) bond motifs is 1. The molecule has 0 atom stereocenters. The summed E-state index contributed by atoms with van der Waals surface area (Å²) in [6.45, 7) is 5.04. The maximum absolute atomic E-state index is 5.87. The lowest BCUT2D eigenvalue weighted by Gasteiger charge is -2.11. The Hall–Kier alpha value is -1.74. The summed E-state index contributed by atoms with van der Waals surface area (Å²) >= 11 is 1.79. The van der Waals surface area contributed by atoms with Crippen LogP contribution < -0.4 is 4.74 Å². The summed E-state index contributed by atoms with van der Waals surface area (Å²) in [5.41, 5.74) is 1.23. The van der Waals surface area contributed by atoms with E-state index in [0.29, 0.717) is 0 Å². The Morgan fingerprint density at radius 3 is 2.79 bits per heavy atom. The number of nitrogens with zero attached hydrogens (tertiary/aromatic N) is 1. The van der Waals surface area contributed by atoms with E-state index in [-0.39, 0.29) is 6.10 Å². The highest BCUT2D eigenvalue weighted by molar-refractivity contribution is 7.09. The van der Waals surface area contributed by atoms with E-state index in [0.717, 1.165) is 12.3 Å². The van der Waals surface area contributed by atoms with Crippen molar-refractivity contribution in [3.8, 4) is 5.75 Å². The maximum atomic E-state index is 5.87. The van der Waals surface area contributed by atoms with Gasteiger partial charge in [-0.05, 0) is 43.5 Å². The van der Waals surface area contributed by atoms with E-state index in [1.54, 1.807) is 11.3 Å². The smallest absolute Gasteiger partial charge is 0.129 e. The topological polar surface area (TPSA) is 14.2 Å². The summed E-state index contributed by atoms with van der Waals surface area (Å²) in [7, 11) is 0. The van der Waals surface area contributed by atoms with Crippen LogP contribution in [0.1, 0.15) is 18.7 Å². The number of hydrogen-bond donors (Lipinski definition) is 0. The van der Waals surface area contributed by atoms with Crippen LogP contribution in [0.25, 0.3) is 10.9 Å². The molecule has 3 rings (SSSR count). The minimum absolute atomic E-state index is 0.200. The first-order valence-corrected chi connectivity index (χ1v) is 7.39. The van der Waals surface area contributed by atoms with Crippen LogP contribution in [-0.4, -0.2) is 10.7 Å². The number of ether oxygens (including phenoxy) is 1. The normalized spacial score (nSPS) is 11.3. The monoisotopic (exact) mass is 271 g/mol. The second-order valence-electron chi connectivity index (χ2n) is 4.88. The van der Waals surface area contributed by atoms with Gasteiger partial charge in [0.1, 0.15) is 5.75 Å². The van der Waals surface area contributed by atoms with Gasteiger partial charge in [0, 0.05) is 16.5 Å². The van der Waals surface area contributed by atoms with Gasteiger partial charge in [-0.2, -0.15) is 0 Å². The minimum Gasteiger partial charge on any atom is -0.490 e. The molecule has 98 valence electrons. The summed E-state index contributed by atoms with van der Waals surface area (Å²) in [5, 5.41) is 3.31. The van der Waals surface area contributed by atoms with E-state index in [2.05, 4.69) is 60.3 Å². The van der Waals surface area contributed by atoms with Crippen LogP contribution in [0, 0.1) is 0 Å². The molecule has 0 unspecified atom stereocenters. The largest absolute Gasteiger partial charge is 0.490 e. The van der Waals surface area contributed by atoms with Crippen LogP contribution in [0.2, 0.25) is 0 Å². The number of benzene rings is 1. The predicted molar refractivity (Wildman–Crippen MR) is 81.1 cm³/mol. The molecule has 3 aromatic rings. The highest BCUT2D eigenvalue weighted by atomic mass is 32.1. The van der Waals surface area contributed by atoms with Crippen LogP contribution in [-0.2, 0) is 6.54 Å². The van der Waals surface area contributed by atoms with Gasteiger partial charge in [-0.15, -0.1) is 11.3 Å². The van der Waals surface area contributed by atoms with Gasteiger partial charge >= 0.3 is 0 Å². The summed E-state index contributed by atoms with van der Waals surface area (Å²) < 4.78 is 8.14. The fraction of sp³-hybridized carbons (Fsp3) is 0.250. The number of thiophene rings is 1. The molecule has 0 saturated carbocycles. The van der Waals surface area contributed by atoms with Crippen molar-refractivity contribution in [3.05, 3.63) is 52.9 Å². The lowest BCUT2D eigenvalue weighted by Crippen LogP contribution is -2.05. The Bertz CT molecular complexity index is 667. The molecule has 0 N–H and O–H groups in total. The van der Waals surface area contributed by atoms with Gasteiger partial charge in [0.05, 0.1) is 18.2 Å². The lowest BCUT2D eigenvalue weighted by molar-refractivity contribution is 0.245. The molecule has 0 spiro atoms. The Kier molecular flexibility index (Phi) is 3.30. The van der Waals surface area contributed by atoms with Crippen molar-refractivity contribution in [2.75, 3.05) is 0 Å². The Labute approximate surface area is 117 Å². The highest BCUT2D eigenvalue weighted by Crippen LogP contribution is 2.28. The first-order valence-electron chi connectivity index (χ1n) is 6.51. The Morgan fingerprint density at radius 2 is 2.05 bits per heavy atom. The van der Waals surface area contributed by atoms with Crippen molar-refractivity contribution in [2.45, 2.75) is 26.5 Å². The zero-order valence-electron chi connectivity index (χ0n) is 11.2. The average molecular weight is 271 g/mol. The van der Waals surface area contributed by atoms with Crippen molar-refractivity contribution in [2.24, 2.45) is 0 Å². The quantitative estimate of drug-likeness (QED) is 0.679. The average Bonchev–Trinajstić information content (AvgIpc) is 3.00. The molecular weight excluding hydrogens is 254 g/mol. The second kappa shape index (κ2) is 5.10. The first-order chi connectivity index (χ1) is 9.24. The number of hydrogen-bond acceptors (Lipinski definition) is 2. The lowest BCUT2D eigenvalue weighted by atomic mass is 10.2. The molecule has 0 bridgehead atoms. The fourth-order valence-corrected chi connectivity index (χ4v) is 2.96. The van der Waals surface area contributed by atoms with Crippen LogP contribution in [0.4, 0.5) is 0 Å². The van der Waals surface area contributed by atoms with Crippen molar-refractivity contribution < 1.29 is 4.74 Å². The minimum atomic E-state index is 0.200. The fourth-order valence-electron chi connectivity index (χ4n) is 2.26. The van der Waals surface area contributed by atoms with Gasteiger partial charge in [-0.25, -0.2) is 0 Å². The number of rotatable bonds is 4. The third-order valence-electron chi connectivity index (χ3n) is 3.04. The molecule has 0 aliphatic heterocycles. The summed E-state index contributed by atoms with van der Waals surface area (Å²) in [6, 6.07) is 12.7. The van der Waals surface area contributed by atoms with E-state index in [4.69, 9.17) is 4.74 Å². The van der Waals surface area contributed by atoms with Gasteiger partial charge < -0.3 is 9.30 Å². The SMILES string of the molecule is CC(C)Oc1cccc2c1ccn2Cc1cccs1. The highest BCUT2D eigenvalue weighted by Gasteiger charge is 2.08. The molecule has 2 nitrogen and oxygen atoms in total. The predicted octanol–water partition coefficient (Wildman–Crippen LogP) is 4.54. The van der Waals surface area contributed by atoms with E-state index < -0.39 is 0 Å². The molecule has 1 aromatic carbocycles. The second-order valence-corrected chi connectivity index (χ2v) is 5.91. The van der Waals surface area contributed by atoms with Crippen molar-refractivity contribution in [1.82, 2.24) is 4.57 Å². The van der Waals surface area contributed by atoms with Gasteiger partial charge in [0.2, 0.25) is 0 Å². The molecule has 19 heavy (non-hydrogen) atoms. The summed E-state index contributed by atoms with van der Waals surface area (Å²) in [5.74, 6) is 0.970. The number of aromatic nitrogens is 1. The molecule has 0 radical (unpaired) electrons. The van der Waals surface area contributed by atoms with E-state index in [1.807, 2.05) is 6.07 Å². The Balaban J connectivity index is 1.99. The summed E-state index contributed by atoms with van der Waals surface area (Å²) in [4.78, 5) is 1.37. The van der Waals surface area contributed by atoms with Gasteiger partial charge in [-0.3, -0.25) is 0 Å². The van der Waals surface area contributed by atoms with Crippen LogP contribution in [0.3, 0.4) is 0 Å². The van der Waals surface area contributed by atoms with Crippen LogP contribution in [0.5, 0.6) is 5.75 Å². The van der Waals surface area contributed by atoms with Crippen molar-refractivity contribution in [1.29, 1.82) is 0 Å². The van der Waals surface area contributed by atoms with Gasteiger partial charge in [0.25, 0.3) is 0 Å². The van der Waals surface area contributed by atoms with E-state index >= 15 is 0 Å². The molecule has 0 aliphatic rings. The molecule has 3 heteroatoms. The van der Waals surface area contributed by atoms with E-state index in [1.165, 1.54) is 15.8 Å². The molecular formula is C16H17NOS. The Morgan fingerprint density at radius 1 is 1.16 bits per heavy atom. The summed E-state index contributed by atoms with van der Waals surface area (Å²) in [6.07, 6.45) is 2.34. The molecule has 2 aromatic heterocycles. The molecule has 0 amide bonds. The standard InChI is InChI=1S/C16H17NOS/c1-12(2)18-16-7-3-6-15-14(16)8-9-17(15)11-13-5-4-10-19-13/h3-10,12H,11H2,1-2H3. The third-order valence-corrected chi connectivity index (χ3v) is 3.90. The first kappa shape index (κ1) is 12.3. The van der Waals surface area contributed by atoms with Crippen molar-refractivity contribution in [3.63, 3.8) is 0 Å². The zero-order valence-corrected chi connectivity index (χ0v) is 12.0. The van der Waals surface area contributed by atoms with Crippen molar-refractivity contribution >= 4 is 22.2 Å².